The summed E-state index contributed by atoms with van der Waals surface area (Å²) in [6.07, 6.45) is 6.41. The van der Waals surface area contributed by atoms with Crippen LogP contribution in [-0.4, -0.2) is 54.3 Å². The molecule has 0 bridgehead atoms. The van der Waals surface area contributed by atoms with Gasteiger partial charge in [-0.3, -0.25) is 19.7 Å². The predicted molar refractivity (Wildman–Crippen MR) is 110 cm³/mol. The SMILES string of the molecule is CCOC(=O)CN[C@@H](C(=O)N1CC[C@H]1C(=O)Cc1ccccc1)C1CCCCC1. The Morgan fingerprint density at radius 3 is 2.45 bits per heavy atom. The summed E-state index contributed by atoms with van der Waals surface area (Å²) in [5, 5.41) is 3.16. The molecule has 0 radical (unpaired) electrons. The molecule has 1 aromatic carbocycles. The zero-order valence-electron chi connectivity index (χ0n) is 17.3. The summed E-state index contributed by atoms with van der Waals surface area (Å²) in [5.74, 6) is -0.0972. The second kappa shape index (κ2) is 10.5. The van der Waals surface area contributed by atoms with Crippen LogP contribution in [0.1, 0.15) is 51.0 Å². The number of likely N-dealkylation sites (tertiary alicyclic amines) is 1. The van der Waals surface area contributed by atoms with Crippen LogP contribution in [0.5, 0.6) is 0 Å². The predicted octanol–water partition coefficient (Wildman–Crippen LogP) is 2.50. The Morgan fingerprint density at radius 2 is 1.83 bits per heavy atom. The van der Waals surface area contributed by atoms with E-state index in [2.05, 4.69) is 5.32 Å². The van der Waals surface area contributed by atoms with E-state index < -0.39 is 6.04 Å². The fourth-order valence-electron chi connectivity index (χ4n) is 4.41. The Bertz CT molecular complexity index is 700. The van der Waals surface area contributed by atoms with E-state index in [9.17, 15) is 14.4 Å². The number of Topliss-reactive ketones (excluding diaryl/α,β-unsaturated/α-hetero) is 1. The smallest absolute Gasteiger partial charge is 0.319 e. The first-order valence-corrected chi connectivity index (χ1v) is 10.9. The van der Waals surface area contributed by atoms with Crippen LogP contribution in [0.25, 0.3) is 0 Å². The molecule has 1 saturated carbocycles. The number of ketones is 1. The lowest BCUT2D eigenvalue weighted by Crippen LogP contribution is -2.62. The average molecular weight is 401 g/mol. The van der Waals surface area contributed by atoms with Crippen LogP contribution in [0.4, 0.5) is 0 Å². The summed E-state index contributed by atoms with van der Waals surface area (Å²) >= 11 is 0. The van der Waals surface area contributed by atoms with Crippen molar-refractivity contribution in [3.8, 4) is 0 Å². The number of benzene rings is 1. The second-order valence-electron chi connectivity index (χ2n) is 8.03. The molecule has 2 aliphatic rings. The summed E-state index contributed by atoms with van der Waals surface area (Å²) in [6.45, 7) is 2.72. The van der Waals surface area contributed by atoms with Gasteiger partial charge in [0, 0.05) is 13.0 Å². The Kier molecular flexibility index (Phi) is 7.81. The molecule has 1 aliphatic carbocycles. The molecule has 0 aromatic heterocycles. The highest BCUT2D eigenvalue weighted by Crippen LogP contribution is 2.30. The molecule has 29 heavy (non-hydrogen) atoms. The molecular weight excluding hydrogens is 368 g/mol. The highest BCUT2D eigenvalue weighted by molar-refractivity contribution is 5.93. The standard InChI is InChI=1S/C23H32N2O4/c1-2-29-21(27)16-24-22(18-11-7-4-8-12-18)23(28)25-14-13-19(25)20(26)15-17-9-5-3-6-10-17/h3,5-6,9-10,18-19,22,24H,2,4,7-8,11-16H2,1H3/t19-,22+/m0/s1. The number of hydrogen-bond donors (Lipinski definition) is 1. The molecule has 2 atom stereocenters. The van der Waals surface area contributed by atoms with E-state index in [1.54, 1.807) is 11.8 Å². The molecule has 0 unspecified atom stereocenters. The van der Waals surface area contributed by atoms with E-state index >= 15 is 0 Å². The average Bonchev–Trinajstić information content (AvgIpc) is 2.69. The van der Waals surface area contributed by atoms with Crippen LogP contribution >= 0.6 is 0 Å². The Morgan fingerprint density at radius 1 is 1.10 bits per heavy atom. The van der Waals surface area contributed by atoms with Gasteiger partial charge in [-0.1, -0.05) is 49.6 Å². The highest BCUT2D eigenvalue weighted by atomic mass is 16.5. The van der Waals surface area contributed by atoms with E-state index in [1.807, 2.05) is 30.3 Å². The molecule has 1 aliphatic heterocycles. The topological polar surface area (TPSA) is 75.7 Å². The van der Waals surface area contributed by atoms with E-state index in [0.29, 0.717) is 26.0 Å². The van der Waals surface area contributed by atoms with Gasteiger partial charge < -0.3 is 9.64 Å². The Labute approximate surface area is 173 Å². The molecule has 2 fully saturated rings. The Hall–Kier alpha value is -2.21. The number of nitrogens with zero attached hydrogens (tertiary/aromatic N) is 1. The van der Waals surface area contributed by atoms with Gasteiger partial charge in [-0.05, 0) is 37.7 Å². The number of rotatable bonds is 9. The third kappa shape index (κ3) is 5.66. The quantitative estimate of drug-likeness (QED) is 0.645. The van der Waals surface area contributed by atoms with Gasteiger partial charge in [0.2, 0.25) is 5.91 Å². The van der Waals surface area contributed by atoms with Crippen LogP contribution in [0, 0.1) is 5.92 Å². The molecule has 6 heteroatoms. The maximum absolute atomic E-state index is 13.3. The van der Waals surface area contributed by atoms with Crippen LogP contribution < -0.4 is 5.32 Å². The van der Waals surface area contributed by atoms with E-state index in [-0.39, 0.29) is 36.2 Å². The number of esters is 1. The fourth-order valence-corrected chi connectivity index (χ4v) is 4.41. The maximum atomic E-state index is 13.3. The van der Waals surface area contributed by atoms with Crippen molar-refractivity contribution in [2.24, 2.45) is 5.92 Å². The molecular formula is C23H32N2O4. The monoisotopic (exact) mass is 400 g/mol. The molecule has 1 saturated heterocycles. The van der Waals surface area contributed by atoms with Crippen molar-refractivity contribution in [3.05, 3.63) is 35.9 Å². The van der Waals surface area contributed by atoms with Crippen LogP contribution in [0.2, 0.25) is 0 Å². The van der Waals surface area contributed by atoms with Gasteiger partial charge in [-0.25, -0.2) is 0 Å². The third-order valence-corrected chi connectivity index (χ3v) is 6.05. The fraction of sp³-hybridized carbons (Fsp3) is 0.609. The largest absolute Gasteiger partial charge is 0.465 e. The van der Waals surface area contributed by atoms with Gasteiger partial charge in [0.1, 0.15) is 0 Å². The molecule has 1 amide bonds. The summed E-state index contributed by atoms with van der Waals surface area (Å²) in [4.78, 5) is 39.6. The van der Waals surface area contributed by atoms with Crippen molar-refractivity contribution in [2.45, 2.75) is 64.0 Å². The van der Waals surface area contributed by atoms with Crippen molar-refractivity contribution in [3.63, 3.8) is 0 Å². The van der Waals surface area contributed by atoms with Crippen molar-refractivity contribution < 1.29 is 19.1 Å². The van der Waals surface area contributed by atoms with E-state index in [1.165, 1.54) is 6.42 Å². The lowest BCUT2D eigenvalue weighted by Gasteiger charge is -2.43. The van der Waals surface area contributed by atoms with E-state index in [4.69, 9.17) is 4.74 Å². The van der Waals surface area contributed by atoms with Crippen molar-refractivity contribution in [1.82, 2.24) is 10.2 Å². The second-order valence-corrected chi connectivity index (χ2v) is 8.03. The van der Waals surface area contributed by atoms with Gasteiger partial charge >= 0.3 is 5.97 Å². The number of carbonyl (C=O) groups excluding carboxylic acids is 3. The molecule has 1 heterocycles. The lowest BCUT2D eigenvalue weighted by molar-refractivity contribution is -0.150. The molecule has 6 nitrogen and oxygen atoms in total. The third-order valence-electron chi connectivity index (χ3n) is 6.05. The van der Waals surface area contributed by atoms with Gasteiger partial charge in [0.15, 0.2) is 5.78 Å². The summed E-state index contributed by atoms with van der Waals surface area (Å²) in [6, 6.07) is 8.88. The molecule has 0 spiro atoms. The summed E-state index contributed by atoms with van der Waals surface area (Å²) < 4.78 is 5.01. The summed E-state index contributed by atoms with van der Waals surface area (Å²) in [5.41, 5.74) is 0.973. The van der Waals surface area contributed by atoms with Crippen molar-refractivity contribution >= 4 is 17.7 Å². The maximum Gasteiger partial charge on any atom is 0.319 e. The molecule has 3 rings (SSSR count). The first kappa shape index (κ1) is 21.5. The number of carbonyl (C=O) groups is 3. The minimum absolute atomic E-state index is 0.0250. The first-order valence-electron chi connectivity index (χ1n) is 10.9. The minimum atomic E-state index is -0.424. The van der Waals surface area contributed by atoms with Gasteiger partial charge in [-0.15, -0.1) is 0 Å². The van der Waals surface area contributed by atoms with Gasteiger partial charge in [0.25, 0.3) is 0 Å². The van der Waals surface area contributed by atoms with Crippen molar-refractivity contribution in [1.29, 1.82) is 0 Å². The molecule has 1 N–H and O–H groups in total. The first-order chi connectivity index (χ1) is 14.1. The van der Waals surface area contributed by atoms with Crippen LogP contribution in [-0.2, 0) is 25.5 Å². The van der Waals surface area contributed by atoms with Gasteiger partial charge in [0.05, 0.1) is 25.2 Å². The summed E-state index contributed by atoms with van der Waals surface area (Å²) in [7, 11) is 0. The number of ether oxygens (including phenoxy) is 1. The highest BCUT2D eigenvalue weighted by Gasteiger charge is 2.42. The van der Waals surface area contributed by atoms with Crippen molar-refractivity contribution in [2.75, 3.05) is 19.7 Å². The lowest BCUT2D eigenvalue weighted by atomic mass is 9.82. The molecule has 158 valence electrons. The Balaban J connectivity index is 1.64. The number of hydrogen-bond acceptors (Lipinski definition) is 5. The minimum Gasteiger partial charge on any atom is -0.465 e. The van der Waals surface area contributed by atoms with Gasteiger partial charge in [-0.2, -0.15) is 0 Å². The normalized spacial score (nSPS) is 20.6. The number of nitrogens with one attached hydrogen (secondary N) is 1. The van der Waals surface area contributed by atoms with Crippen LogP contribution in [0.15, 0.2) is 30.3 Å². The zero-order chi connectivity index (χ0) is 20.6. The zero-order valence-corrected chi connectivity index (χ0v) is 17.3. The molecule has 1 aromatic rings. The van der Waals surface area contributed by atoms with E-state index in [0.717, 1.165) is 31.2 Å². The van der Waals surface area contributed by atoms with Crippen LogP contribution in [0.3, 0.4) is 0 Å². The number of amides is 1.